The highest BCUT2D eigenvalue weighted by Crippen LogP contribution is 2.26. The van der Waals surface area contributed by atoms with E-state index in [0.29, 0.717) is 12.8 Å². The van der Waals surface area contributed by atoms with Crippen LogP contribution in [0.1, 0.15) is 32.8 Å². The van der Waals surface area contributed by atoms with Gasteiger partial charge in [0.1, 0.15) is 0 Å². The molecule has 1 fully saturated rings. The maximum absolute atomic E-state index is 12.7. The quantitative estimate of drug-likeness (QED) is 0.858. The van der Waals surface area contributed by atoms with Gasteiger partial charge in [-0.05, 0) is 32.8 Å². The highest BCUT2D eigenvalue weighted by Gasteiger charge is 2.39. The fraction of sp³-hybridized carbons (Fsp3) is 0.562. The molecule has 116 valence electrons. The zero-order valence-electron chi connectivity index (χ0n) is 12.9. The van der Waals surface area contributed by atoms with Gasteiger partial charge < -0.3 is 4.90 Å². The second kappa shape index (κ2) is 5.79. The first-order valence-electron chi connectivity index (χ1n) is 7.25. The number of carbonyl (C=O) groups excluding carboxylic acids is 1. The summed E-state index contributed by atoms with van der Waals surface area (Å²) in [5.41, 5.74) is 0.578. The van der Waals surface area contributed by atoms with Crippen molar-refractivity contribution in [3.63, 3.8) is 0 Å². The molecule has 1 unspecified atom stereocenters. The van der Waals surface area contributed by atoms with E-state index in [1.165, 1.54) is 0 Å². The Morgan fingerprint density at radius 3 is 2.33 bits per heavy atom. The van der Waals surface area contributed by atoms with Crippen LogP contribution < -0.4 is 0 Å². The first-order chi connectivity index (χ1) is 9.69. The lowest BCUT2D eigenvalue weighted by molar-refractivity contribution is -0.137. The Morgan fingerprint density at radius 1 is 1.24 bits per heavy atom. The summed E-state index contributed by atoms with van der Waals surface area (Å²) < 4.78 is 23.4. The van der Waals surface area contributed by atoms with Gasteiger partial charge in [-0.3, -0.25) is 4.79 Å². The molecule has 1 amide bonds. The Hall–Kier alpha value is -1.36. The molecule has 5 heteroatoms. The van der Waals surface area contributed by atoms with Crippen molar-refractivity contribution in [3.8, 4) is 0 Å². The second-order valence-corrected chi connectivity index (χ2v) is 8.88. The topological polar surface area (TPSA) is 54.5 Å². The molecule has 1 aromatic rings. The maximum atomic E-state index is 12.7. The molecular weight excluding hydrogens is 286 g/mol. The van der Waals surface area contributed by atoms with Gasteiger partial charge in [0.25, 0.3) is 0 Å². The van der Waals surface area contributed by atoms with Gasteiger partial charge in [-0.25, -0.2) is 8.42 Å². The first kappa shape index (κ1) is 16.0. The van der Waals surface area contributed by atoms with Crippen LogP contribution in [0.2, 0.25) is 0 Å². The minimum Gasteiger partial charge on any atom is -0.334 e. The van der Waals surface area contributed by atoms with Crippen molar-refractivity contribution in [3.05, 3.63) is 35.9 Å². The predicted octanol–water partition coefficient (Wildman–Crippen LogP) is 2.04. The Kier molecular flexibility index (Phi) is 4.42. The van der Waals surface area contributed by atoms with E-state index in [1.807, 2.05) is 51.1 Å². The minimum absolute atomic E-state index is 0.00389. The summed E-state index contributed by atoms with van der Waals surface area (Å²) in [6, 6.07) is 9.37. The highest BCUT2D eigenvalue weighted by atomic mass is 32.2. The number of carbonyl (C=O) groups is 1. The molecule has 1 atom stereocenters. The molecule has 0 spiro atoms. The van der Waals surface area contributed by atoms with Crippen molar-refractivity contribution in [2.24, 2.45) is 0 Å². The van der Waals surface area contributed by atoms with Gasteiger partial charge in [0, 0.05) is 11.6 Å². The molecule has 1 saturated heterocycles. The van der Waals surface area contributed by atoms with Crippen molar-refractivity contribution in [2.75, 3.05) is 11.5 Å². The van der Waals surface area contributed by atoms with E-state index in [9.17, 15) is 13.2 Å². The van der Waals surface area contributed by atoms with Crippen LogP contribution in [0.25, 0.3) is 0 Å². The van der Waals surface area contributed by atoms with Crippen LogP contribution in [0.15, 0.2) is 30.3 Å². The maximum Gasteiger partial charge on any atom is 0.227 e. The van der Waals surface area contributed by atoms with Crippen molar-refractivity contribution in [2.45, 2.75) is 45.2 Å². The lowest BCUT2D eigenvalue weighted by Crippen LogP contribution is -2.52. The largest absolute Gasteiger partial charge is 0.334 e. The average Bonchev–Trinajstić information content (AvgIpc) is 2.68. The minimum atomic E-state index is -3.00. The third kappa shape index (κ3) is 4.06. The smallest absolute Gasteiger partial charge is 0.227 e. The van der Waals surface area contributed by atoms with Gasteiger partial charge in [-0.2, -0.15) is 0 Å². The highest BCUT2D eigenvalue weighted by molar-refractivity contribution is 7.91. The fourth-order valence-corrected chi connectivity index (χ4v) is 4.66. The number of rotatable bonds is 3. The molecule has 0 radical (unpaired) electrons. The zero-order chi connectivity index (χ0) is 15.7. The van der Waals surface area contributed by atoms with E-state index in [4.69, 9.17) is 0 Å². The Balaban J connectivity index is 2.19. The van der Waals surface area contributed by atoms with E-state index in [2.05, 4.69) is 0 Å². The summed E-state index contributed by atoms with van der Waals surface area (Å²) >= 11 is 0. The molecule has 1 aliphatic heterocycles. The van der Waals surface area contributed by atoms with Gasteiger partial charge in [0.15, 0.2) is 9.84 Å². The van der Waals surface area contributed by atoms with Crippen molar-refractivity contribution < 1.29 is 13.2 Å². The van der Waals surface area contributed by atoms with Crippen LogP contribution in [0.3, 0.4) is 0 Å². The van der Waals surface area contributed by atoms with Crippen molar-refractivity contribution in [1.29, 1.82) is 0 Å². The summed E-state index contributed by atoms with van der Waals surface area (Å²) in [7, 11) is -3.00. The van der Waals surface area contributed by atoms with E-state index < -0.39 is 9.84 Å². The van der Waals surface area contributed by atoms with Crippen LogP contribution in [-0.2, 0) is 21.1 Å². The van der Waals surface area contributed by atoms with E-state index in [1.54, 1.807) is 4.90 Å². The monoisotopic (exact) mass is 309 g/mol. The molecule has 0 N–H and O–H groups in total. The summed E-state index contributed by atoms with van der Waals surface area (Å²) in [4.78, 5) is 14.5. The molecule has 0 saturated carbocycles. The standard InChI is InChI=1S/C16H23NO3S/c1-16(2,3)17(14-9-10-21(19,20)12-14)15(18)11-13-7-5-4-6-8-13/h4-8,14H,9-12H2,1-3H3. The van der Waals surface area contributed by atoms with Crippen LogP contribution in [-0.4, -0.2) is 42.3 Å². The van der Waals surface area contributed by atoms with E-state index in [0.717, 1.165) is 5.56 Å². The summed E-state index contributed by atoms with van der Waals surface area (Å²) in [5.74, 6) is 0.268. The number of hydrogen-bond acceptors (Lipinski definition) is 3. The van der Waals surface area contributed by atoms with E-state index >= 15 is 0 Å². The summed E-state index contributed by atoms with van der Waals surface area (Å²) in [6.07, 6.45) is 0.856. The average molecular weight is 309 g/mol. The SMILES string of the molecule is CC(C)(C)N(C(=O)Cc1ccccc1)C1CCS(=O)(=O)C1. The van der Waals surface area contributed by atoms with Gasteiger partial charge in [-0.15, -0.1) is 0 Å². The third-order valence-corrected chi connectivity index (χ3v) is 5.51. The number of sulfone groups is 1. The molecule has 1 heterocycles. The van der Waals surface area contributed by atoms with Gasteiger partial charge in [-0.1, -0.05) is 30.3 Å². The lowest BCUT2D eigenvalue weighted by atomic mass is 10.00. The van der Waals surface area contributed by atoms with Crippen LogP contribution >= 0.6 is 0 Å². The number of hydrogen-bond donors (Lipinski definition) is 0. The third-order valence-electron chi connectivity index (χ3n) is 3.76. The molecule has 0 aromatic heterocycles. The first-order valence-corrected chi connectivity index (χ1v) is 9.08. The normalized spacial score (nSPS) is 21.2. The Morgan fingerprint density at radius 2 is 1.86 bits per heavy atom. The summed E-state index contributed by atoms with van der Waals surface area (Å²) in [5, 5.41) is 0. The lowest BCUT2D eigenvalue weighted by Gasteiger charge is -2.40. The molecule has 0 bridgehead atoms. The van der Waals surface area contributed by atoms with Gasteiger partial charge in [0.05, 0.1) is 17.9 Å². The van der Waals surface area contributed by atoms with Crippen LogP contribution in [0.5, 0.6) is 0 Å². The number of benzene rings is 1. The zero-order valence-corrected chi connectivity index (χ0v) is 13.7. The van der Waals surface area contributed by atoms with Crippen molar-refractivity contribution >= 4 is 15.7 Å². The predicted molar refractivity (Wildman–Crippen MR) is 83.8 cm³/mol. The van der Waals surface area contributed by atoms with E-state index in [-0.39, 0.29) is 29.0 Å². The number of amides is 1. The molecule has 0 aliphatic carbocycles. The van der Waals surface area contributed by atoms with Crippen LogP contribution in [0.4, 0.5) is 0 Å². The molecule has 4 nitrogen and oxygen atoms in total. The molecule has 1 aromatic carbocycles. The Bertz CT molecular complexity index is 602. The number of nitrogens with zero attached hydrogens (tertiary/aromatic N) is 1. The van der Waals surface area contributed by atoms with Gasteiger partial charge >= 0.3 is 0 Å². The fourth-order valence-electron chi connectivity index (χ4n) is 2.96. The van der Waals surface area contributed by atoms with Crippen LogP contribution in [0, 0.1) is 0 Å². The Labute approximate surface area is 127 Å². The molecule has 1 aliphatic rings. The van der Waals surface area contributed by atoms with Crippen molar-refractivity contribution in [1.82, 2.24) is 4.90 Å². The molecular formula is C16H23NO3S. The molecule has 21 heavy (non-hydrogen) atoms. The second-order valence-electron chi connectivity index (χ2n) is 6.65. The summed E-state index contributed by atoms with van der Waals surface area (Å²) in [6.45, 7) is 5.88. The molecule has 2 rings (SSSR count). The van der Waals surface area contributed by atoms with Gasteiger partial charge in [0.2, 0.25) is 5.91 Å².